The summed E-state index contributed by atoms with van der Waals surface area (Å²) in [6.45, 7) is 6.54. The number of aliphatic hydroxyl groups excluding tert-OH is 1. The molecule has 1 rings (SSSR count). The molecule has 0 saturated carbocycles. The summed E-state index contributed by atoms with van der Waals surface area (Å²) >= 11 is -0.688. The van der Waals surface area contributed by atoms with Crippen molar-refractivity contribution in [2.75, 3.05) is 20.5 Å². The van der Waals surface area contributed by atoms with Gasteiger partial charge in [0, 0.05) is 0 Å². The summed E-state index contributed by atoms with van der Waals surface area (Å²) in [4.78, 5) is 31.0. The van der Waals surface area contributed by atoms with Crippen LogP contribution in [0.5, 0.6) is 0 Å². The van der Waals surface area contributed by atoms with Gasteiger partial charge in [-0.1, -0.05) is 0 Å². The van der Waals surface area contributed by atoms with Crippen molar-refractivity contribution in [3.8, 4) is 0 Å². The molecule has 0 amide bonds. The molecule has 0 aliphatic heterocycles. The summed E-state index contributed by atoms with van der Waals surface area (Å²) in [5.74, 6) is -1.06. The van der Waals surface area contributed by atoms with Crippen molar-refractivity contribution >= 4 is 32.7 Å². The fourth-order valence-corrected chi connectivity index (χ4v) is 7.27. The molecule has 31 heavy (non-hydrogen) atoms. The fraction of sp³-hybridized carbons (Fsp3) is 0.684. The number of ether oxygens (including phenoxy) is 3. The Kier molecular flexibility index (Phi) is 11.3. The molecule has 0 heterocycles. The van der Waals surface area contributed by atoms with E-state index in [1.807, 2.05) is 0 Å². The van der Waals surface area contributed by atoms with Crippen LogP contribution in [0.4, 0.5) is 5.69 Å². The second kappa shape index (κ2) is 12.4. The summed E-state index contributed by atoms with van der Waals surface area (Å²) in [5.41, 5.74) is -0.0800. The van der Waals surface area contributed by atoms with Gasteiger partial charge in [-0.2, -0.15) is 0 Å². The van der Waals surface area contributed by atoms with Crippen LogP contribution in [0.2, 0.25) is 0 Å². The number of rotatable bonds is 14. The Bertz CT molecular complexity index is 748. The van der Waals surface area contributed by atoms with Crippen LogP contribution in [0.15, 0.2) is 24.3 Å². The van der Waals surface area contributed by atoms with Gasteiger partial charge in [0.05, 0.1) is 0 Å². The van der Waals surface area contributed by atoms with E-state index in [0.29, 0.717) is 4.46 Å². The van der Waals surface area contributed by atoms with Crippen molar-refractivity contribution in [1.29, 1.82) is 0 Å². The third-order valence-corrected chi connectivity index (χ3v) is 9.04. The first-order valence-corrected chi connectivity index (χ1v) is 13.2. The Morgan fingerprint density at radius 3 is 2.26 bits per heavy atom. The molecule has 0 fully saturated rings. The maximum absolute atomic E-state index is 12.5. The normalized spacial score (nSPS) is 14.8. The van der Waals surface area contributed by atoms with Gasteiger partial charge in [0.2, 0.25) is 0 Å². The van der Waals surface area contributed by atoms with Gasteiger partial charge in [0.15, 0.2) is 0 Å². The van der Waals surface area contributed by atoms with E-state index in [2.05, 4.69) is 0 Å². The van der Waals surface area contributed by atoms with E-state index in [1.54, 1.807) is 45.9 Å². The van der Waals surface area contributed by atoms with Gasteiger partial charge in [-0.15, -0.1) is 0 Å². The first kappa shape index (κ1) is 28.2. The summed E-state index contributed by atoms with van der Waals surface area (Å²) in [7, 11) is -3.28. The molecule has 0 bridgehead atoms. The number of para-hydroxylation sites is 1. The van der Waals surface area contributed by atoms with Crippen LogP contribution in [0.3, 0.4) is 0 Å². The van der Waals surface area contributed by atoms with Gasteiger partial charge in [0.1, 0.15) is 0 Å². The molecule has 1 aromatic rings. The number of methoxy groups -OCH3 is 1. The second-order valence-corrected chi connectivity index (χ2v) is 12.0. The van der Waals surface area contributed by atoms with Crippen LogP contribution in [0.25, 0.3) is 0 Å². The minimum absolute atomic E-state index is 0.0169. The molecule has 10 nitrogen and oxygen atoms in total. The first-order chi connectivity index (χ1) is 14.4. The summed E-state index contributed by atoms with van der Waals surface area (Å²) in [6, 6.07) is 6.16. The average molecular weight is 528 g/mol. The molecule has 0 aromatic heterocycles. The number of hydrogen-bond acceptors (Lipinski definition) is 7. The van der Waals surface area contributed by atoms with Crippen LogP contribution < -0.4 is 4.46 Å². The van der Waals surface area contributed by atoms with E-state index in [1.165, 1.54) is 13.2 Å². The number of nitro benzene ring substituents is 1. The van der Waals surface area contributed by atoms with Gasteiger partial charge >= 0.3 is 189 Å². The molecular formula is C19H32NO9PSe. The third-order valence-electron chi connectivity index (χ3n) is 4.76. The average Bonchev–Trinajstić information content (AvgIpc) is 2.64. The topological polar surface area (TPSA) is 149 Å². The summed E-state index contributed by atoms with van der Waals surface area (Å²) in [5, 5.41) is 19.1. The van der Waals surface area contributed by atoms with Crippen LogP contribution in [0, 0.1) is 22.0 Å². The predicted octanol–water partition coefficient (Wildman–Crippen LogP) is 1.82. The molecule has 3 N–H and O–H groups in total. The molecule has 0 aliphatic carbocycles. The minimum atomic E-state index is -4.72. The van der Waals surface area contributed by atoms with Crippen LogP contribution in [-0.2, 0) is 18.8 Å². The van der Waals surface area contributed by atoms with Crippen LogP contribution >= 0.6 is 7.60 Å². The first-order valence-electron chi connectivity index (χ1n) is 9.75. The molecular weight excluding hydrogens is 496 g/mol. The number of aliphatic hydroxyl groups is 1. The molecule has 12 heteroatoms. The standard InChI is InChI=1S/C19H32NO9PSe/c1-13(2)19(14(3)4,30(24,25)26)29-15(11-28-12-27-5)10-18(21)31-17-9-7-6-8-16(17)20(22)23/h6-9,13-15,18,21H,10-12H2,1-5H3,(H2,24,25,26). The molecule has 0 spiro atoms. The Labute approximate surface area is 188 Å². The van der Waals surface area contributed by atoms with Crippen molar-refractivity contribution in [1.82, 2.24) is 0 Å². The Hall–Kier alpha value is -0.871. The number of benzene rings is 1. The van der Waals surface area contributed by atoms with Crippen molar-refractivity contribution < 1.29 is 38.6 Å². The molecule has 0 saturated heterocycles. The molecule has 0 aliphatic rings. The molecule has 0 radical (unpaired) electrons. The Morgan fingerprint density at radius 2 is 1.77 bits per heavy atom. The second-order valence-electron chi connectivity index (χ2n) is 7.66. The monoisotopic (exact) mass is 529 g/mol. The zero-order chi connectivity index (χ0) is 23.8. The van der Waals surface area contributed by atoms with Crippen molar-refractivity contribution in [3.05, 3.63) is 34.4 Å². The predicted molar refractivity (Wildman–Crippen MR) is 116 cm³/mol. The van der Waals surface area contributed by atoms with Gasteiger partial charge in [-0.25, -0.2) is 0 Å². The van der Waals surface area contributed by atoms with Gasteiger partial charge in [-0.3, -0.25) is 0 Å². The number of nitrogens with zero attached hydrogens (tertiary/aromatic N) is 1. The Morgan fingerprint density at radius 1 is 1.19 bits per heavy atom. The zero-order valence-corrected chi connectivity index (χ0v) is 20.9. The van der Waals surface area contributed by atoms with Gasteiger partial charge in [-0.05, 0) is 0 Å². The summed E-state index contributed by atoms with van der Waals surface area (Å²) in [6.07, 6.45) is -0.885. The van der Waals surface area contributed by atoms with E-state index < -0.39 is 55.8 Å². The van der Waals surface area contributed by atoms with Crippen LogP contribution in [0.1, 0.15) is 34.1 Å². The van der Waals surface area contributed by atoms with Gasteiger partial charge in [0.25, 0.3) is 0 Å². The maximum atomic E-state index is 12.5. The summed E-state index contributed by atoms with van der Waals surface area (Å²) < 4.78 is 29.1. The fourth-order valence-electron chi connectivity index (χ4n) is 3.49. The van der Waals surface area contributed by atoms with E-state index in [0.717, 1.165) is 0 Å². The number of nitro groups is 1. The van der Waals surface area contributed by atoms with E-state index in [9.17, 15) is 29.6 Å². The van der Waals surface area contributed by atoms with Gasteiger partial charge < -0.3 is 0 Å². The molecule has 1 aromatic carbocycles. The van der Waals surface area contributed by atoms with E-state index in [-0.39, 0.29) is 25.5 Å². The van der Waals surface area contributed by atoms with Crippen molar-refractivity contribution in [2.24, 2.45) is 11.8 Å². The Balaban J connectivity index is 3.13. The quantitative estimate of drug-likeness (QED) is 0.0821. The third kappa shape index (κ3) is 7.60. The van der Waals surface area contributed by atoms with Crippen molar-refractivity contribution in [2.45, 2.75) is 50.6 Å². The number of hydrogen-bond donors (Lipinski definition) is 3. The van der Waals surface area contributed by atoms with Crippen LogP contribution in [-0.4, -0.2) is 71.7 Å². The molecule has 178 valence electrons. The van der Waals surface area contributed by atoms with E-state index in [4.69, 9.17) is 14.2 Å². The van der Waals surface area contributed by atoms with E-state index >= 15 is 0 Å². The SMILES string of the molecule is COCOCC(CC(O)[Se]c1ccccc1[N+](=O)[O-])OC(C(C)C)(C(C)C)P(=O)(O)O. The molecule has 2 atom stereocenters. The zero-order valence-electron chi connectivity index (χ0n) is 18.3. The van der Waals surface area contributed by atoms with Crippen molar-refractivity contribution in [3.63, 3.8) is 0 Å². The molecule has 2 unspecified atom stereocenters.